The molecule has 288 valence electrons. The van der Waals surface area contributed by atoms with Gasteiger partial charge in [-0.1, -0.05) is 0 Å². The molecular formula is C54H30Ge2N2O4. The van der Waals surface area contributed by atoms with Crippen LogP contribution in [0.5, 0.6) is 46.0 Å². The molecule has 2 unspecified atom stereocenters. The number of anilines is 6. The van der Waals surface area contributed by atoms with E-state index in [0.717, 1.165) is 89.7 Å². The van der Waals surface area contributed by atoms with Gasteiger partial charge < -0.3 is 0 Å². The van der Waals surface area contributed by atoms with Gasteiger partial charge in [-0.15, -0.1) is 0 Å². The number of hydrogen-bond donors (Lipinski definition) is 0. The van der Waals surface area contributed by atoms with Crippen molar-refractivity contribution >= 4 is 122 Å². The molecule has 8 heteroatoms. The van der Waals surface area contributed by atoms with Crippen molar-refractivity contribution in [1.82, 2.24) is 0 Å². The van der Waals surface area contributed by atoms with Gasteiger partial charge in [-0.3, -0.25) is 0 Å². The monoisotopic (exact) mass is 918 g/mol. The molecule has 0 aliphatic carbocycles. The summed E-state index contributed by atoms with van der Waals surface area (Å²) in [6.07, 6.45) is 0. The Balaban J connectivity index is 1.11. The SMILES string of the molecule is c1ccc(N2c3cc4ccccc4c4[c]3[GeH]3[c]5c(cccc5O4)Oc4cc5c6[c]7c(cc5c2[c]43)Oc2cccc3[c]2[GeH]7[c]2c(cc4ccccc4c2O3)N6c2ccccc2)cc1. The molecule has 0 N–H and O–H groups in total. The van der Waals surface area contributed by atoms with Crippen molar-refractivity contribution < 1.29 is 18.9 Å². The van der Waals surface area contributed by atoms with Gasteiger partial charge in [-0.05, 0) is 0 Å². The van der Waals surface area contributed by atoms with Gasteiger partial charge in [0.05, 0.1) is 0 Å². The predicted octanol–water partition coefficient (Wildman–Crippen LogP) is 9.63. The second-order valence-electron chi connectivity index (χ2n) is 17.0. The third kappa shape index (κ3) is 3.90. The average molecular weight is 916 g/mol. The van der Waals surface area contributed by atoms with E-state index in [-0.39, 0.29) is 0 Å². The molecule has 16 rings (SSSR count). The summed E-state index contributed by atoms with van der Waals surface area (Å²) in [5.41, 5.74) is 6.93. The summed E-state index contributed by atoms with van der Waals surface area (Å²) in [6, 6.07) is 61.5. The topological polar surface area (TPSA) is 43.4 Å². The summed E-state index contributed by atoms with van der Waals surface area (Å²) < 4.78 is 36.5. The summed E-state index contributed by atoms with van der Waals surface area (Å²) >= 11 is -5.90. The zero-order valence-electron chi connectivity index (χ0n) is 32.8. The first-order valence-corrected chi connectivity index (χ1v) is 28.5. The van der Waals surface area contributed by atoms with Crippen LogP contribution in [0.1, 0.15) is 0 Å². The van der Waals surface area contributed by atoms with Crippen LogP contribution in [-0.4, -0.2) is 28.7 Å². The summed E-state index contributed by atoms with van der Waals surface area (Å²) in [5.74, 6) is 7.55. The van der Waals surface area contributed by atoms with Crippen LogP contribution in [0.4, 0.5) is 34.1 Å². The summed E-state index contributed by atoms with van der Waals surface area (Å²) in [5, 5.41) is 6.92. The molecule has 0 saturated carbocycles. The van der Waals surface area contributed by atoms with E-state index in [9.17, 15) is 0 Å². The van der Waals surface area contributed by atoms with E-state index in [4.69, 9.17) is 18.9 Å². The molecule has 10 aromatic carbocycles. The molecule has 62 heavy (non-hydrogen) atoms. The van der Waals surface area contributed by atoms with E-state index in [0.29, 0.717) is 0 Å². The Morgan fingerprint density at radius 2 is 0.710 bits per heavy atom. The molecule has 0 bridgehead atoms. The van der Waals surface area contributed by atoms with Gasteiger partial charge in [-0.2, -0.15) is 0 Å². The van der Waals surface area contributed by atoms with Crippen molar-refractivity contribution in [2.75, 3.05) is 9.80 Å². The van der Waals surface area contributed by atoms with Crippen molar-refractivity contribution in [3.05, 3.63) is 170 Å². The third-order valence-corrected chi connectivity index (χ3v) is 28.4. The van der Waals surface area contributed by atoms with E-state index < -0.39 is 28.7 Å². The maximum absolute atomic E-state index is 7.26. The Kier molecular flexibility index (Phi) is 6.00. The van der Waals surface area contributed by atoms with Crippen molar-refractivity contribution in [1.29, 1.82) is 0 Å². The maximum atomic E-state index is 7.26. The van der Waals surface area contributed by atoms with E-state index >= 15 is 0 Å². The van der Waals surface area contributed by atoms with Crippen LogP contribution in [0.2, 0.25) is 0 Å². The van der Waals surface area contributed by atoms with Gasteiger partial charge >= 0.3 is 366 Å². The molecule has 6 nitrogen and oxygen atoms in total. The molecule has 0 saturated heterocycles. The molecule has 6 heterocycles. The van der Waals surface area contributed by atoms with Crippen LogP contribution in [0, 0.1) is 0 Å². The zero-order valence-corrected chi connectivity index (χ0v) is 37.7. The van der Waals surface area contributed by atoms with Gasteiger partial charge in [0.15, 0.2) is 0 Å². The first-order valence-electron chi connectivity index (χ1n) is 21.2. The zero-order chi connectivity index (χ0) is 39.9. The number of hydrogen-bond acceptors (Lipinski definition) is 6. The number of rotatable bonds is 2. The minimum absolute atomic E-state index is 0.917. The van der Waals surface area contributed by atoms with E-state index in [1.807, 2.05) is 0 Å². The molecule has 0 radical (unpaired) electrons. The first-order chi connectivity index (χ1) is 30.8. The number of fused-ring (bicyclic) bond motifs is 7. The van der Waals surface area contributed by atoms with Crippen molar-refractivity contribution in [3.8, 4) is 46.0 Å². The van der Waals surface area contributed by atoms with Gasteiger partial charge in [0.2, 0.25) is 0 Å². The van der Waals surface area contributed by atoms with Crippen LogP contribution < -0.4 is 55.1 Å². The summed E-state index contributed by atoms with van der Waals surface area (Å²) in [6.45, 7) is 0. The predicted molar refractivity (Wildman–Crippen MR) is 254 cm³/mol. The molecule has 0 amide bonds. The number of ether oxygens (including phenoxy) is 4. The van der Waals surface area contributed by atoms with Crippen LogP contribution in [0.25, 0.3) is 32.3 Å². The van der Waals surface area contributed by atoms with Crippen molar-refractivity contribution in [2.45, 2.75) is 0 Å². The van der Waals surface area contributed by atoms with E-state index in [1.54, 1.807) is 0 Å². The fourth-order valence-electron chi connectivity index (χ4n) is 11.7. The van der Waals surface area contributed by atoms with Gasteiger partial charge in [0.25, 0.3) is 0 Å². The standard InChI is InChI=1S/C54H30Ge2N2O4/c1-3-15-31(16-4-1)57-37-25-29-13-7-9-19-33(29)53-45(37)55-47-39(21-11-23-41(47)61-53)59-43-28-36-35(51(57)49(43)55)27-44-50-52(36)58(32-17-5-2-6-18-32)38-26-30-14-8-10-20-34(30)54-46(38)56(50)48-40(60-44)22-12-24-42(48)62-54/h1-28,55-56H. The van der Waals surface area contributed by atoms with Crippen molar-refractivity contribution in [2.24, 2.45) is 0 Å². The van der Waals surface area contributed by atoms with Gasteiger partial charge in [-0.25, -0.2) is 0 Å². The van der Waals surface area contributed by atoms with Crippen LogP contribution in [0.15, 0.2) is 170 Å². The first kappa shape index (κ1) is 32.6. The van der Waals surface area contributed by atoms with Gasteiger partial charge in [0.1, 0.15) is 0 Å². The Bertz CT molecular complexity index is 3500. The second kappa shape index (κ2) is 11.4. The fraction of sp³-hybridized carbons (Fsp3) is 0. The number of benzene rings is 10. The fourth-order valence-corrected chi connectivity index (χ4v) is 27.3. The van der Waals surface area contributed by atoms with Gasteiger partial charge in [0, 0.05) is 0 Å². The average Bonchev–Trinajstić information content (AvgIpc) is 3.32. The number of para-hydroxylation sites is 2. The third-order valence-electron chi connectivity index (χ3n) is 14.0. The minimum atomic E-state index is -2.95. The Morgan fingerprint density at radius 3 is 1.16 bits per heavy atom. The van der Waals surface area contributed by atoms with E-state index in [2.05, 4.69) is 180 Å². The molecule has 6 aliphatic heterocycles. The Morgan fingerprint density at radius 1 is 0.306 bits per heavy atom. The van der Waals surface area contributed by atoms with Crippen LogP contribution in [-0.2, 0) is 0 Å². The second-order valence-corrected chi connectivity index (χ2v) is 27.9. The quantitative estimate of drug-likeness (QED) is 0.161. The van der Waals surface area contributed by atoms with Crippen molar-refractivity contribution in [3.63, 3.8) is 0 Å². The van der Waals surface area contributed by atoms with Crippen LogP contribution in [0.3, 0.4) is 0 Å². The molecule has 0 aromatic heterocycles. The number of nitrogens with zero attached hydrogens (tertiary/aromatic N) is 2. The molecule has 2 atom stereocenters. The molecule has 0 spiro atoms. The Labute approximate surface area is 363 Å². The molecule has 10 aromatic rings. The normalized spacial score (nSPS) is 16.8. The summed E-state index contributed by atoms with van der Waals surface area (Å²) in [7, 11) is 0. The molecule has 6 aliphatic rings. The summed E-state index contributed by atoms with van der Waals surface area (Å²) in [4.78, 5) is 5.03. The molecule has 0 fully saturated rings. The van der Waals surface area contributed by atoms with E-state index in [1.165, 1.54) is 49.1 Å². The van der Waals surface area contributed by atoms with Crippen LogP contribution >= 0.6 is 0 Å². The Hall–Kier alpha value is -7.13. The molecular weight excluding hydrogens is 886 g/mol.